The molecular formula is C13H17N3O2. The fraction of sp³-hybridized carbons (Fsp3) is 0.385. The molecule has 0 aromatic heterocycles. The summed E-state index contributed by atoms with van der Waals surface area (Å²) >= 11 is 0. The second kappa shape index (κ2) is 5.08. The van der Waals surface area contributed by atoms with Crippen molar-refractivity contribution in [2.45, 2.75) is 25.8 Å². The molecule has 1 fully saturated rings. The van der Waals surface area contributed by atoms with Crippen molar-refractivity contribution in [3.05, 3.63) is 29.3 Å². The van der Waals surface area contributed by atoms with Gasteiger partial charge in [-0.15, -0.1) is 0 Å². The van der Waals surface area contributed by atoms with Crippen molar-refractivity contribution in [1.29, 1.82) is 0 Å². The molecule has 0 bridgehead atoms. The standard InChI is InChI=1S/C13H17N3O2/c1-8-4-2-5-9(11(8)14)12(17)16-10-6-3-7-15-13(10)18/h2,4-5,10H,3,6-7,14H2,1H3,(H,15,18)(H,16,17). The summed E-state index contributed by atoms with van der Waals surface area (Å²) in [4.78, 5) is 23.6. The van der Waals surface area contributed by atoms with Crippen LogP contribution < -0.4 is 16.4 Å². The Hall–Kier alpha value is -2.04. The van der Waals surface area contributed by atoms with Gasteiger partial charge in [-0.3, -0.25) is 9.59 Å². The first kappa shape index (κ1) is 12.4. The van der Waals surface area contributed by atoms with Gasteiger partial charge in [-0.1, -0.05) is 12.1 Å². The van der Waals surface area contributed by atoms with Gasteiger partial charge in [0.15, 0.2) is 0 Å². The van der Waals surface area contributed by atoms with E-state index in [1.165, 1.54) is 0 Å². The lowest BCUT2D eigenvalue weighted by atomic mass is 10.0. The Labute approximate surface area is 106 Å². The predicted molar refractivity (Wildman–Crippen MR) is 69.1 cm³/mol. The van der Waals surface area contributed by atoms with Crippen LogP contribution in [0.3, 0.4) is 0 Å². The quantitative estimate of drug-likeness (QED) is 0.669. The monoisotopic (exact) mass is 247 g/mol. The van der Waals surface area contributed by atoms with Gasteiger partial charge in [0, 0.05) is 12.2 Å². The summed E-state index contributed by atoms with van der Waals surface area (Å²) in [6.45, 7) is 2.53. The fourth-order valence-corrected chi connectivity index (χ4v) is 2.02. The SMILES string of the molecule is Cc1cccc(C(=O)NC2CCCNC2=O)c1N. The van der Waals surface area contributed by atoms with Gasteiger partial charge in [0.05, 0.1) is 5.56 Å². The van der Waals surface area contributed by atoms with Crippen LogP contribution in [0, 0.1) is 6.92 Å². The number of nitrogen functional groups attached to an aromatic ring is 1. The maximum atomic E-state index is 12.1. The predicted octanol–water partition coefficient (Wildman–Crippen LogP) is 0.586. The van der Waals surface area contributed by atoms with Gasteiger partial charge >= 0.3 is 0 Å². The molecule has 1 unspecified atom stereocenters. The molecule has 1 atom stereocenters. The van der Waals surface area contributed by atoms with E-state index < -0.39 is 6.04 Å². The van der Waals surface area contributed by atoms with E-state index >= 15 is 0 Å². The van der Waals surface area contributed by atoms with Crippen LogP contribution in [0.15, 0.2) is 18.2 Å². The number of aryl methyl sites for hydroxylation is 1. The second-order valence-electron chi connectivity index (χ2n) is 4.50. The topological polar surface area (TPSA) is 84.2 Å². The highest BCUT2D eigenvalue weighted by atomic mass is 16.2. The minimum absolute atomic E-state index is 0.124. The van der Waals surface area contributed by atoms with E-state index in [2.05, 4.69) is 10.6 Å². The fourth-order valence-electron chi connectivity index (χ4n) is 2.02. The number of hydrogen-bond acceptors (Lipinski definition) is 3. The van der Waals surface area contributed by atoms with Crippen molar-refractivity contribution in [1.82, 2.24) is 10.6 Å². The first-order chi connectivity index (χ1) is 8.59. The molecule has 1 heterocycles. The van der Waals surface area contributed by atoms with Crippen molar-refractivity contribution in [3.63, 3.8) is 0 Å². The largest absolute Gasteiger partial charge is 0.398 e. The molecule has 1 aliphatic heterocycles. The Balaban J connectivity index is 2.12. The molecule has 5 nitrogen and oxygen atoms in total. The Bertz CT molecular complexity index is 485. The van der Waals surface area contributed by atoms with E-state index in [-0.39, 0.29) is 11.8 Å². The second-order valence-corrected chi connectivity index (χ2v) is 4.50. The summed E-state index contributed by atoms with van der Waals surface area (Å²) in [5.74, 6) is -0.418. The zero-order valence-corrected chi connectivity index (χ0v) is 10.3. The number of hydrogen-bond donors (Lipinski definition) is 3. The zero-order chi connectivity index (χ0) is 13.1. The van der Waals surface area contributed by atoms with Gasteiger partial charge in [-0.25, -0.2) is 0 Å². The van der Waals surface area contributed by atoms with Gasteiger partial charge in [0.25, 0.3) is 5.91 Å². The number of benzene rings is 1. The van der Waals surface area contributed by atoms with Crippen LogP contribution in [-0.2, 0) is 4.79 Å². The summed E-state index contributed by atoms with van der Waals surface area (Å²) in [6, 6.07) is 4.84. The number of nitrogens with one attached hydrogen (secondary N) is 2. The molecule has 1 aliphatic rings. The van der Waals surface area contributed by atoms with E-state index in [0.29, 0.717) is 24.2 Å². The Morgan fingerprint density at radius 1 is 1.50 bits per heavy atom. The van der Waals surface area contributed by atoms with Gasteiger partial charge in [-0.05, 0) is 31.4 Å². The number of piperidine rings is 1. The molecule has 0 spiro atoms. The first-order valence-corrected chi connectivity index (χ1v) is 6.03. The lowest BCUT2D eigenvalue weighted by molar-refractivity contribution is -0.124. The molecule has 0 aliphatic carbocycles. The van der Waals surface area contributed by atoms with Crippen LogP contribution in [-0.4, -0.2) is 24.4 Å². The Morgan fingerprint density at radius 2 is 2.28 bits per heavy atom. The first-order valence-electron chi connectivity index (χ1n) is 6.03. The highest BCUT2D eigenvalue weighted by Crippen LogP contribution is 2.16. The summed E-state index contributed by atoms with van der Waals surface area (Å²) in [5.41, 5.74) is 7.61. The van der Waals surface area contributed by atoms with Gasteiger partial charge in [-0.2, -0.15) is 0 Å². The summed E-state index contributed by atoms with van der Waals surface area (Å²) in [6.07, 6.45) is 1.54. The molecule has 2 rings (SSSR count). The third kappa shape index (κ3) is 2.45. The normalized spacial score (nSPS) is 19.2. The number of carbonyl (C=O) groups is 2. The molecule has 5 heteroatoms. The number of nitrogens with two attached hydrogens (primary N) is 1. The molecule has 96 valence electrons. The smallest absolute Gasteiger partial charge is 0.254 e. The van der Waals surface area contributed by atoms with Crippen molar-refractivity contribution < 1.29 is 9.59 Å². The maximum Gasteiger partial charge on any atom is 0.254 e. The molecule has 18 heavy (non-hydrogen) atoms. The van der Waals surface area contributed by atoms with Gasteiger partial charge < -0.3 is 16.4 Å². The van der Waals surface area contributed by atoms with Gasteiger partial charge in [0.1, 0.15) is 6.04 Å². The average Bonchev–Trinajstić information content (AvgIpc) is 2.35. The highest BCUT2D eigenvalue weighted by molar-refractivity contribution is 6.02. The molecule has 1 aromatic rings. The maximum absolute atomic E-state index is 12.1. The van der Waals surface area contributed by atoms with E-state index in [4.69, 9.17) is 5.73 Å². The molecule has 1 aromatic carbocycles. The van der Waals surface area contributed by atoms with E-state index in [0.717, 1.165) is 12.0 Å². The Morgan fingerprint density at radius 3 is 3.00 bits per heavy atom. The third-order valence-electron chi connectivity index (χ3n) is 3.16. The molecule has 1 saturated heterocycles. The number of para-hydroxylation sites is 1. The van der Waals surface area contributed by atoms with E-state index in [1.54, 1.807) is 12.1 Å². The van der Waals surface area contributed by atoms with Crippen LogP contribution in [0.4, 0.5) is 5.69 Å². The number of rotatable bonds is 2. The number of anilines is 1. The minimum atomic E-state index is -0.453. The zero-order valence-electron chi connectivity index (χ0n) is 10.3. The molecule has 0 radical (unpaired) electrons. The van der Waals surface area contributed by atoms with Crippen molar-refractivity contribution in [2.75, 3.05) is 12.3 Å². The van der Waals surface area contributed by atoms with Crippen LogP contribution in [0.25, 0.3) is 0 Å². The lowest BCUT2D eigenvalue weighted by Crippen LogP contribution is -2.50. The van der Waals surface area contributed by atoms with E-state index in [1.807, 2.05) is 13.0 Å². The van der Waals surface area contributed by atoms with Crippen LogP contribution in [0.2, 0.25) is 0 Å². The lowest BCUT2D eigenvalue weighted by Gasteiger charge is -2.23. The minimum Gasteiger partial charge on any atom is -0.398 e. The Kier molecular flexibility index (Phi) is 3.50. The number of carbonyl (C=O) groups excluding carboxylic acids is 2. The highest BCUT2D eigenvalue weighted by Gasteiger charge is 2.24. The molecule has 0 saturated carbocycles. The van der Waals surface area contributed by atoms with Crippen molar-refractivity contribution in [2.24, 2.45) is 0 Å². The molecule has 4 N–H and O–H groups in total. The van der Waals surface area contributed by atoms with E-state index in [9.17, 15) is 9.59 Å². The molecular weight excluding hydrogens is 230 g/mol. The summed E-state index contributed by atoms with van der Waals surface area (Å²) in [5, 5.41) is 5.45. The average molecular weight is 247 g/mol. The van der Waals surface area contributed by atoms with Crippen molar-refractivity contribution in [3.8, 4) is 0 Å². The third-order valence-corrected chi connectivity index (χ3v) is 3.16. The number of amides is 2. The summed E-state index contributed by atoms with van der Waals surface area (Å²) < 4.78 is 0. The van der Waals surface area contributed by atoms with Crippen LogP contribution in [0.5, 0.6) is 0 Å². The van der Waals surface area contributed by atoms with Gasteiger partial charge in [0.2, 0.25) is 5.91 Å². The molecule has 2 amide bonds. The van der Waals surface area contributed by atoms with Crippen molar-refractivity contribution >= 4 is 17.5 Å². The summed E-state index contributed by atoms with van der Waals surface area (Å²) in [7, 11) is 0. The van der Waals surface area contributed by atoms with Crippen LogP contribution in [0.1, 0.15) is 28.8 Å². The van der Waals surface area contributed by atoms with Crippen LogP contribution >= 0.6 is 0 Å².